The molecule has 0 saturated carbocycles. The number of nitrogens with zero attached hydrogens (tertiary/aromatic N) is 1. The van der Waals surface area contributed by atoms with Crippen molar-refractivity contribution < 1.29 is 10.2 Å². The predicted octanol–water partition coefficient (Wildman–Crippen LogP) is 2.35. The fourth-order valence-corrected chi connectivity index (χ4v) is 3.28. The van der Waals surface area contributed by atoms with Crippen LogP contribution >= 0.6 is 11.3 Å². The smallest absolute Gasteiger partial charge is 0.0606 e. The second-order valence-electron chi connectivity index (χ2n) is 4.82. The lowest BCUT2D eigenvalue weighted by molar-refractivity contribution is 0.281. The number of aryl methyl sites for hydroxylation is 1. The maximum absolute atomic E-state index is 9.17. The molecule has 1 heterocycles. The second-order valence-corrected chi connectivity index (χ2v) is 5.82. The molecule has 0 bridgehead atoms. The number of rotatable bonds is 7. The van der Waals surface area contributed by atoms with E-state index in [1.54, 1.807) is 11.3 Å². The Bertz CT molecular complexity index is 577. The number of benzene rings is 1. The highest BCUT2D eigenvalue weighted by Crippen LogP contribution is 2.35. The number of hydrogen-bond donors (Lipinski definition) is 3. The molecule has 0 aliphatic heterocycles. The van der Waals surface area contributed by atoms with Crippen LogP contribution in [0.1, 0.15) is 11.8 Å². The van der Waals surface area contributed by atoms with Gasteiger partial charge in [-0.1, -0.05) is 6.92 Å². The Balaban J connectivity index is 2.41. The van der Waals surface area contributed by atoms with Gasteiger partial charge in [-0.2, -0.15) is 0 Å². The van der Waals surface area contributed by atoms with Gasteiger partial charge in [-0.25, -0.2) is 0 Å². The molecule has 21 heavy (non-hydrogen) atoms. The quantitative estimate of drug-likeness (QED) is 0.687. The normalized spacial score (nSPS) is 10.8. The molecule has 4 N–H and O–H groups in total. The number of aliphatic hydroxyl groups excluding tert-OH is 2. The Morgan fingerprint density at radius 3 is 2.43 bits per heavy atom. The van der Waals surface area contributed by atoms with Crippen molar-refractivity contribution >= 4 is 22.7 Å². The summed E-state index contributed by atoms with van der Waals surface area (Å²) in [5.41, 5.74) is 10.1. The summed E-state index contributed by atoms with van der Waals surface area (Å²) < 4.78 is 0. The average molecular weight is 306 g/mol. The summed E-state index contributed by atoms with van der Waals surface area (Å²) in [7, 11) is 0. The van der Waals surface area contributed by atoms with Crippen molar-refractivity contribution in [2.24, 2.45) is 0 Å². The molecule has 0 amide bonds. The van der Waals surface area contributed by atoms with Crippen molar-refractivity contribution in [1.29, 1.82) is 0 Å². The molecular weight excluding hydrogens is 284 g/mol. The van der Waals surface area contributed by atoms with Crippen LogP contribution in [0.15, 0.2) is 29.6 Å². The summed E-state index contributed by atoms with van der Waals surface area (Å²) in [4.78, 5) is 3.27. The summed E-state index contributed by atoms with van der Waals surface area (Å²) >= 11 is 1.74. The standard InChI is InChI=1S/C16H22N2O2S/c1-2-16-13(5-10-21-16)14-11-12(3-4-15(14)17)18(6-8-19)7-9-20/h3-5,10-11,19-20H,2,6-9,17H2,1H3. The summed E-state index contributed by atoms with van der Waals surface area (Å²) in [5, 5.41) is 20.4. The van der Waals surface area contributed by atoms with Crippen LogP contribution in [0.25, 0.3) is 11.1 Å². The largest absolute Gasteiger partial charge is 0.398 e. The van der Waals surface area contributed by atoms with Gasteiger partial charge in [-0.05, 0) is 41.6 Å². The van der Waals surface area contributed by atoms with E-state index in [1.165, 1.54) is 10.4 Å². The number of thiophene rings is 1. The van der Waals surface area contributed by atoms with E-state index in [1.807, 2.05) is 23.1 Å². The van der Waals surface area contributed by atoms with Gasteiger partial charge < -0.3 is 20.8 Å². The number of nitrogens with two attached hydrogens (primary N) is 1. The third-order valence-electron chi connectivity index (χ3n) is 3.50. The Morgan fingerprint density at radius 2 is 1.81 bits per heavy atom. The molecule has 1 aromatic carbocycles. The predicted molar refractivity (Wildman–Crippen MR) is 89.9 cm³/mol. The minimum Gasteiger partial charge on any atom is -0.398 e. The molecule has 0 spiro atoms. The summed E-state index contributed by atoms with van der Waals surface area (Å²) in [6.07, 6.45) is 0.980. The first-order valence-electron chi connectivity index (χ1n) is 7.14. The molecule has 0 saturated heterocycles. The van der Waals surface area contributed by atoms with Crippen LogP contribution in [0, 0.1) is 0 Å². The summed E-state index contributed by atoms with van der Waals surface area (Å²) in [5.74, 6) is 0. The van der Waals surface area contributed by atoms with Crippen molar-refractivity contribution in [2.75, 3.05) is 36.9 Å². The third kappa shape index (κ3) is 3.56. The summed E-state index contributed by atoms with van der Waals surface area (Å²) in [6.45, 7) is 3.23. The highest BCUT2D eigenvalue weighted by atomic mass is 32.1. The molecular formula is C16H22N2O2S. The van der Waals surface area contributed by atoms with E-state index in [-0.39, 0.29) is 13.2 Å². The summed E-state index contributed by atoms with van der Waals surface area (Å²) in [6, 6.07) is 7.97. The number of nitrogen functional groups attached to an aromatic ring is 1. The lowest BCUT2D eigenvalue weighted by Crippen LogP contribution is -2.29. The van der Waals surface area contributed by atoms with Gasteiger partial charge in [0.25, 0.3) is 0 Å². The first-order chi connectivity index (χ1) is 10.2. The highest BCUT2D eigenvalue weighted by Gasteiger charge is 2.12. The molecule has 2 rings (SSSR count). The first-order valence-corrected chi connectivity index (χ1v) is 8.02. The molecule has 5 heteroatoms. The van der Waals surface area contributed by atoms with Gasteiger partial charge in [0.1, 0.15) is 0 Å². The fraction of sp³-hybridized carbons (Fsp3) is 0.375. The highest BCUT2D eigenvalue weighted by molar-refractivity contribution is 7.10. The lowest BCUT2D eigenvalue weighted by atomic mass is 10.0. The van der Waals surface area contributed by atoms with Gasteiger partial charge in [0.15, 0.2) is 0 Å². The third-order valence-corrected chi connectivity index (χ3v) is 4.56. The van der Waals surface area contributed by atoms with E-state index in [0.29, 0.717) is 13.1 Å². The minimum absolute atomic E-state index is 0.0539. The zero-order valence-electron chi connectivity index (χ0n) is 12.2. The number of hydrogen-bond acceptors (Lipinski definition) is 5. The van der Waals surface area contributed by atoms with E-state index in [4.69, 9.17) is 15.9 Å². The average Bonchev–Trinajstić information content (AvgIpc) is 2.96. The van der Waals surface area contributed by atoms with Crippen LogP contribution in [0.3, 0.4) is 0 Å². The number of anilines is 2. The molecule has 2 aromatic rings. The van der Waals surface area contributed by atoms with Crippen molar-refractivity contribution in [1.82, 2.24) is 0 Å². The minimum atomic E-state index is 0.0539. The van der Waals surface area contributed by atoms with E-state index in [2.05, 4.69) is 18.4 Å². The molecule has 0 atom stereocenters. The van der Waals surface area contributed by atoms with Gasteiger partial charge >= 0.3 is 0 Å². The van der Waals surface area contributed by atoms with Crippen molar-refractivity contribution in [3.8, 4) is 11.1 Å². The molecule has 1 aromatic heterocycles. The molecule has 0 aliphatic carbocycles. The molecule has 4 nitrogen and oxygen atoms in total. The Morgan fingerprint density at radius 1 is 1.10 bits per heavy atom. The Hall–Kier alpha value is -1.56. The van der Waals surface area contributed by atoms with Crippen LogP contribution in [0.2, 0.25) is 0 Å². The van der Waals surface area contributed by atoms with Crippen LogP contribution in [-0.2, 0) is 6.42 Å². The van der Waals surface area contributed by atoms with Crippen LogP contribution < -0.4 is 10.6 Å². The lowest BCUT2D eigenvalue weighted by Gasteiger charge is -2.24. The van der Waals surface area contributed by atoms with Crippen LogP contribution in [0.5, 0.6) is 0 Å². The molecule has 114 valence electrons. The maximum Gasteiger partial charge on any atom is 0.0606 e. The van der Waals surface area contributed by atoms with Crippen molar-refractivity contribution in [2.45, 2.75) is 13.3 Å². The molecule has 0 aliphatic rings. The van der Waals surface area contributed by atoms with E-state index < -0.39 is 0 Å². The molecule has 0 fully saturated rings. The van der Waals surface area contributed by atoms with E-state index >= 15 is 0 Å². The van der Waals surface area contributed by atoms with Gasteiger partial charge in [0.2, 0.25) is 0 Å². The van der Waals surface area contributed by atoms with Crippen molar-refractivity contribution in [3.05, 3.63) is 34.5 Å². The van der Waals surface area contributed by atoms with Gasteiger partial charge in [0, 0.05) is 34.9 Å². The SMILES string of the molecule is CCc1sccc1-c1cc(N(CCO)CCO)ccc1N. The monoisotopic (exact) mass is 306 g/mol. The second kappa shape index (κ2) is 7.45. The van der Waals surface area contributed by atoms with Gasteiger partial charge in [-0.15, -0.1) is 11.3 Å². The topological polar surface area (TPSA) is 69.7 Å². The van der Waals surface area contributed by atoms with Crippen LogP contribution in [0.4, 0.5) is 11.4 Å². The van der Waals surface area contributed by atoms with E-state index in [0.717, 1.165) is 23.4 Å². The zero-order valence-corrected chi connectivity index (χ0v) is 13.1. The maximum atomic E-state index is 9.17. The Labute approximate surface area is 129 Å². The fourth-order valence-electron chi connectivity index (χ4n) is 2.44. The Kier molecular flexibility index (Phi) is 5.61. The van der Waals surface area contributed by atoms with E-state index in [9.17, 15) is 0 Å². The van der Waals surface area contributed by atoms with Gasteiger partial charge in [0.05, 0.1) is 13.2 Å². The van der Waals surface area contributed by atoms with Crippen LogP contribution in [-0.4, -0.2) is 36.5 Å². The number of aliphatic hydroxyl groups is 2. The zero-order chi connectivity index (χ0) is 15.2. The molecule has 0 unspecified atom stereocenters. The van der Waals surface area contributed by atoms with Crippen molar-refractivity contribution in [3.63, 3.8) is 0 Å². The van der Waals surface area contributed by atoms with Gasteiger partial charge in [-0.3, -0.25) is 0 Å². The molecule has 0 radical (unpaired) electrons. The first kappa shape index (κ1) is 15.8.